The van der Waals surface area contributed by atoms with Gasteiger partial charge in [0.05, 0.1) is 22.0 Å². The van der Waals surface area contributed by atoms with E-state index in [1.807, 2.05) is 30.6 Å². The highest BCUT2D eigenvalue weighted by molar-refractivity contribution is 6.19. The molecule has 0 N–H and O–H groups in total. The van der Waals surface area contributed by atoms with E-state index in [9.17, 15) is 0 Å². The van der Waals surface area contributed by atoms with Gasteiger partial charge in [-0.25, -0.2) is 4.98 Å². The van der Waals surface area contributed by atoms with Crippen LogP contribution in [-0.4, -0.2) is 14.5 Å². The van der Waals surface area contributed by atoms with Crippen LogP contribution in [0.4, 0.5) is 0 Å². The van der Waals surface area contributed by atoms with Crippen LogP contribution in [0.1, 0.15) is 33.4 Å². The third kappa shape index (κ3) is 3.80. The molecule has 3 heteroatoms. The summed E-state index contributed by atoms with van der Waals surface area (Å²) in [4.78, 5) is 9.63. The Balaban J connectivity index is 1.19. The topological polar surface area (TPSA) is 30.7 Å². The van der Waals surface area contributed by atoms with Gasteiger partial charge < -0.3 is 0 Å². The molecule has 0 saturated carbocycles. The summed E-state index contributed by atoms with van der Waals surface area (Å²) in [6.45, 7) is 0. The molecule has 10 aromatic rings. The second-order valence-corrected chi connectivity index (χ2v) is 14.5. The minimum Gasteiger partial charge on any atom is -0.292 e. The summed E-state index contributed by atoms with van der Waals surface area (Å²) in [7, 11) is 0. The fourth-order valence-corrected chi connectivity index (χ4v) is 9.79. The van der Waals surface area contributed by atoms with Gasteiger partial charge in [0.25, 0.3) is 0 Å². The number of rotatable bonds is 2. The first-order valence-electron chi connectivity index (χ1n) is 18.6. The number of pyridine rings is 2. The highest BCUT2D eigenvalue weighted by Gasteiger charge is 2.50. The lowest BCUT2D eigenvalue weighted by Gasteiger charge is -2.36. The van der Waals surface area contributed by atoms with Gasteiger partial charge in [0.1, 0.15) is 5.82 Å². The lowest BCUT2D eigenvalue weighted by molar-refractivity contribution is 0.774. The Hall–Kier alpha value is -7.10. The van der Waals surface area contributed by atoms with E-state index in [-0.39, 0.29) is 0 Å². The van der Waals surface area contributed by atoms with E-state index in [2.05, 4.69) is 162 Å². The fourth-order valence-electron chi connectivity index (χ4n) is 9.79. The van der Waals surface area contributed by atoms with Crippen molar-refractivity contribution in [1.29, 1.82) is 0 Å². The molecule has 2 aliphatic carbocycles. The minimum absolute atomic E-state index is 0.568. The molecule has 3 nitrogen and oxygen atoms in total. The summed E-state index contributed by atoms with van der Waals surface area (Å²) in [5, 5.41) is 6.28. The molecule has 0 fully saturated rings. The van der Waals surface area contributed by atoms with Crippen molar-refractivity contribution >= 4 is 55.6 Å². The molecule has 2 aliphatic rings. The Morgan fingerprint density at radius 2 is 1.09 bits per heavy atom. The van der Waals surface area contributed by atoms with Crippen molar-refractivity contribution in [2.45, 2.75) is 5.41 Å². The van der Waals surface area contributed by atoms with E-state index in [0.717, 1.165) is 33.3 Å². The van der Waals surface area contributed by atoms with Crippen LogP contribution in [0.15, 0.2) is 176 Å². The third-order valence-corrected chi connectivity index (χ3v) is 11.9. The SMILES string of the molecule is C1=Cc2ccc(-c3ccc4c(c3)c3ncccc3n4-c3ccccn3)cc2C2(c3ccccc31)c1ccccc1-c1c2c2ccccc2c2ccccc12. The van der Waals surface area contributed by atoms with Gasteiger partial charge in [0.2, 0.25) is 0 Å². The maximum atomic E-state index is 4.90. The summed E-state index contributed by atoms with van der Waals surface area (Å²) in [5.74, 6) is 0.883. The Kier molecular flexibility index (Phi) is 5.98. The Morgan fingerprint density at radius 3 is 1.94 bits per heavy atom. The first-order chi connectivity index (χ1) is 26.8. The van der Waals surface area contributed by atoms with E-state index in [0.29, 0.717) is 0 Å². The van der Waals surface area contributed by atoms with Gasteiger partial charge in [0, 0.05) is 17.8 Å². The molecule has 0 bridgehead atoms. The van der Waals surface area contributed by atoms with Crippen molar-refractivity contribution in [2.75, 3.05) is 0 Å². The molecule has 0 aliphatic heterocycles. The van der Waals surface area contributed by atoms with Gasteiger partial charge in [-0.05, 0) is 120 Å². The van der Waals surface area contributed by atoms with Crippen LogP contribution in [0.3, 0.4) is 0 Å². The van der Waals surface area contributed by atoms with E-state index in [1.165, 1.54) is 71.6 Å². The molecule has 3 aromatic heterocycles. The lowest BCUT2D eigenvalue weighted by atomic mass is 9.64. The van der Waals surface area contributed by atoms with Crippen molar-refractivity contribution in [3.05, 3.63) is 210 Å². The van der Waals surface area contributed by atoms with Crippen LogP contribution >= 0.6 is 0 Å². The van der Waals surface area contributed by atoms with Crippen molar-refractivity contribution in [3.8, 4) is 28.1 Å². The number of hydrogen-bond donors (Lipinski definition) is 0. The van der Waals surface area contributed by atoms with Crippen molar-refractivity contribution in [3.63, 3.8) is 0 Å². The Morgan fingerprint density at radius 1 is 0.426 bits per heavy atom. The van der Waals surface area contributed by atoms with E-state index < -0.39 is 5.41 Å². The number of hydrogen-bond acceptors (Lipinski definition) is 2. The minimum atomic E-state index is -0.568. The number of benzene rings is 7. The molecule has 3 heterocycles. The molecule has 250 valence electrons. The van der Waals surface area contributed by atoms with Crippen LogP contribution in [0.25, 0.3) is 83.7 Å². The van der Waals surface area contributed by atoms with Crippen molar-refractivity contribution in [2.24, 2.45) is 0 Å². The first kappa shape index (κ1) is 29.5. The second kappa shape index (κ2) is 11.0. The highest BCUT2D eigenvalue weighted by Crippen LogP contribution is 2.62. The zero-order valence-electron chi connectivity index (χ0n) is 29.2. The predicted octanol–water partition coefficient (Wildman–Crippen LogP) is 12.4. The summed E-state index contributed by atoms with van der Waals surface area (Å²) >= 11 is 0. The van der Waals surface area contributed by atoms with E-state index in [4.69, 9.17) is 9.97 Å². The maximum Gasteiger partial charge on any atom is 0.137 e. The molecule has 1 atom stereocenters. The molecule has 7 aromatic carbocycles. The third-order valence-electron chi connectivity index (χ3n) is 11.9. The predicted molar refractivity (Wildman–Crippen MR) is 223 cm³/mol. The van der Waals surface area contributed by atoms with E-state index >= 15 is 0 Å². The van der Waals surface area contributed by atoms with Crippen molar-refractivity contribution in [1.82, 2.24) is 14.5 Å². The summed E-state index contributed by atoms with van der Waals surface area (Å²) in [5.41, 5.74) is 15.3. The van der Waals surface area contributed by atoms with Gasteiger partial charge in [-0.15, -0.1) is 0 Å². The molecule has 0 saturated heterocycles. The molecule has 12 rings (SSSR count). The Bertz CT molecular complexity index is 3220. The largest absolute Gasteiger partial charge is 0.292 e. The van der Waals surface area contributed by atoms with Crippen LogP contribution in [0, 0.1) is 0 Å². The van der Waals surface area contributed by atoms with Gasteiger partial charge in [-0.2, -0.15) is 0 Å². The summed E-state index contributed by atoms with van der Waals surface area (Å²) in [6, 6.07) is 60.3. The lowest BCUT2D eigenvalue weighted by Crippen LogP contribution is -2.30. The van der Waals surface area contributed by atoms with Gasteiger partial charge in [0.15, 0.2) is 0 Å². The molecule has 0 radical (unpaired) electrons. The molecule has 54 heavy (non-hydrogen) atoms. The van der Waals surface area contributed by atoms with Gasteiger partial charge >= 0.3 is 0 Å². The molecular formula is C51H31N3. The zero-order chi connectivity index (χ0) is 35.4. The Labute approximate surface area is 312 Å². The second-order valence-electron chi connectivity index (χ2n) is 14.5. The first-order valence-corrected chi connectivity index (χ1v) is 18.6. The van der Waals surface area contributed by atoms with Crippen LogP contribution in [0.5, 0.6) is 0 Å². The molecule has 0 amide bonds. The normalized spacial score (nSPS) is 15.4. The molecular weight excluding hydrogens is 655 g/mol. The average Bonchev–Trinajstić information content (AvgIpc) is 3.69. The smallest absolute Gasteiger partial charge is 0.137 e. The zero-order valence-corrected chi connectivity index (χ0v) is 29.2. The number of aromatic nitrogens is 3. The summed E-state index contributed by atoms with van der Waals surface area (Å²) in [6.07, 6.45) is 8.37. The molecule has 1 unspecified atom stereocenters. The van der Waals surface area contributed by atoms with Gasteiger partial charge in [-0.1, -0.05) is 133 Å². The average molecular weight is 686 g/mol. The van der Waals surface area contributed by atoms with E-state index in [1.54, 1.807) is 0 Å². The quantitative estimate of drug-likeness (QED) is 0.170. The van der Waals surface area contributed by atoms with Crippen LogP contribution < -0.4 is 0 Å². The molecule has 1 spiro atoms. The standard InChI is InChI=1S/C51H31N3/c1-7-18-42-32(12-1)22-23-33-24-25-35(34-26-27-45-41(30-34)50-46(20-11-29-53-50)54(45)47-21-9-10-28-52-47)31-44(33)51(42)43-19-8-6-17-40(43)48-38-15-4-2-13-36(38)37-14-3-5-16-39(37)49(48)51/h1-31H. The highest BCUT2D eigenvalue weighted by atomic mass is 15.1. The van der Waals surface area contributed by atoms with Crippen molar-refractivity contribution < 1.29 is 0 Å². The monoisotopic (exact) mass is 685 g/mol. The van der Waals surface area contributed by atoms with Crippen LogP contribution in [0.2, 0.25) is 0 Å². The number of fused-ring (bicyclic) bond motifs is 17. The maximum absolute atomic E-state index is 4.90. The fraction of sp³-hybridized carbons (Fsp3) is 0.0196. The number of nitrogens with zero attached hydrogens (tertiary/aromatic N) is 3. The van der Waals surface area contributed by atoms with Crippen LogP contribution in [-0.2, 0) is 5.41 Å². The summed E-state index contributed by atoms with van der Waals surface area (Å²) < 4.78 is 2.22. The van der Waals surface area contributed by atoms with Gasteiger partial charge in [-0.3, -0.25) is 9.55 Å².